The predicted molar refractivity (Wildman–Crippen MR) is 46.2 cm³/mol. The van der Waals surface area contributed by atoms with E-state index in [1.807, 2.05) is 0 Å². The van der Waals surface area contributed by atoms with Gasteiger partial charge in [-0.1, -0.05) is 6.58 Å². The SMILES string of the molecule is C=COCCCC(F)(F)C(F)(F)C(F)(F)C(F)F. The molecule has 0 heterocycles. The van der Waals surface area contributed by atoms with E-state index in [-0.39, 0.29) is 0 Å². The lowest BCUT2D eigenvalue weighted by atomic mass is 10.0. The quantitative estimate of drug-likeness (QED) is 0.371. The highest BCUT2D eigenvalue weighted by Gasteiger charge is 2.74. The van der Waals surface area contributed by atoms with E-state index in [1.165, 1.54) is 0 Å². The van der Waals surface area contributed by atoms with Crippen molar-refractivity contribution in [2.24, 2.45) is 0 Å². The summed E-state index contributed by atoms with van der Waals surface area (Å²) in [6.45, 7) is 2.57. The summed E-state index contributed by atoms with van der Waals surface area (Å²) in [4.78, 5) is 0. The highest BCUT2D eigenvalue weighted by Crippen LogP contribution is 2.50. The molecule has 0 radical (unpaired) electrons. The fourth-order valence-corrected chi connectivity index (χ4v) is 0.999. The first-order chi connectivity index (χ1) is 8.00. The third kappa shape index (κ3) is 3.26. The van der Waals surface area contributed by atoms with Crippen molar-refractivity contribution in [3.05, 3.63) is 12.8 Å². The number of alkyl halides is 8. The van der Waals surface area contributed by atoms with Crippen LogP contribution >= 0.6 is 0 Å². The van der Waals surface area contributed by atoms with Crippen LogP contribution in [0.15, 0.2) is 12.8 Å². The van der Waals surface area contributed by atoms with Crippen LogP contribution in [0, 0.1) is 0 Å². The molecule has 0 aromatic carbocycles. The summed E-state index contributed by atoms with van der Waals surface area (Å²) in [5.41, 5.74) is 0. The largest absolute Gasteiger partial charge is 0.502 e. The lowest BCUT2D eigenvalue weighted by molar-refractivity contribution is -0.339. The Balaban J connectivity index is 4.79. The van der Waals surface area contributed by atoms with Gasteiger partial charge in [0.1, 0.15) is 0 Å². The van der Waals surface area contributed by atoms with Crippen LogP contribution in [0.1, 0.15) is 12.8 Å². The molecule has 0 aromatic rings. The summed E-state index contributed by atoms with van der Waals surface area (Å²) in [6, 6.07) is 0. The lowest BCUT2D eigenvalue weighted by Crippen LogP contribution is -2.57. The molecule has 0 amide bonds. The van der Waals surface area contributed by atoms with Crippen molar-refractivity contribution >= 4 is 0 Å². The van der Waals surface area contributed by atoms with Gasteiger partial charge in [0.15, 0.2) is 0 Å². The molecule has 1 nitrogen and oxygen atoms in total. The van der Waals surface area contributed by atoms with Gasteiger partial charge in [0.2, 0.25) is 0 Å². The van der Waals surface area contributed by atoms with E-state index in [9.17, 15) is 35.1 Å². The van der Waals surface area contributed by atoms with Gasteiger partial charge in [-0.25, -0.2) is 8.78 Å². The summed E-state index contributed by atoms with van der Waals surface area (Å²) in [6.07, 6.45) is -6.48. The molecule has 0 bridgehead atoms. The van der Waals surface area contributed by atoms with Crippen LogP contribution in [-0.4, -0.2) is 30.8 Å². The van der Waals surface area contributed by atoms with Crippen molar-refractivity contribution in [1.82, 2.24) is 0 Å². The van der Waals surface area contributed by atoms with Gasteiger partial charge in [-0.05, 0) is 6.42 Å². The van der Waals surface area contributed by atoms with Gasteiger partial charge >= 0.3 is 24.2 Å². The van der Waals surface area contributed by atoms with Crippen LogP contribution in [0.2, 0.25) is 0 Å². The third-order valence-electron chi connectivity index (χ3n) is 2.02. The van der Waals surface area contributed by atoms with Crippen molar-refractivity contribution in [3.63, 3.8) is 0 Å². The average molecular weight is 286 g/mol. The minimum atomic E-state index is -6.14. The molecule has 0 atom stereocenters. The summed E-state index contributed by atoms with van der Waals surface area (Å²) in [5.74, 6) is -17.5. The first kappa shape index (κ1) is 17.0. The third-order valence-corrected chi connectivity index (χ3v) is 2.02. The van der Waals surface area contributed by atoms with E-state index in [0.717, 1.165) is 6.26 Å². The highest BCUT2D eigenvalue weighted by atomic mass is 19.4. The number of rotatable bonds is 8. The minimum absolute atomic E-state index is 0.463. The molecule has 0 saturated heterocycles. The molecule has 0 unspecified atom stereocenters. The minimum Gasteiger partial charge on any atom is -0.502 e. The Hall–Kier alpha value is -1.02. The van der Waals surface area contributed by atoms with E-state index in [4.69, 9.17) is 0 Å². The summed E-state index contributed by atoms with van der Waals surface area (Å²) >= 11 is 0. The predicted octanol–water partition coefficient (Wildman–Crippen LogP) is 4.10. The van der Waals surface area contributed by atoms with Crippen molar-refractivity contribution < 1.29 is 39.9 Å². The molecule has 18 heavy (non-hydrogen) atoms. The van der Waals surface area contributed by atoms with Gasteiger partial charge in [0.05, 0.1) is 12.9 Å². The van der Waals surface area contributed by atoms with Crippen molar-refractivity contribution in [2.45, 2.75) is 37.0 Å². The van der Waals surface area contributed by atoms with Gasteiger partial charge in [0, 0.05) is 6.42 Å². The van der Waals surface area contributed by atoms with Crippen molar-refractivity contribution in [3.8, 4) is 0 Å². The van der Waals surface area contributed by atoms with Gasteiger partial charge in [-0.15, -0.1) is 0 Å². The second-order valence-corrected chi connectivity index (χ2v) is 3.34. The molecule has 0 aliphatic rings. The average Bonchev–Trinajstić information content (AvgIpc) is 2.23. The Kier molecular flexibility index (Phi) is 5.42. The molecule has 0 spiro atoms. The van der Waals surface area contributed by atoms with Gasteiger partial charge in [0.25, 0.3) is 0 Å². The molecular weight excluding hydrogens is 276 g/mol. The molecule has 0 aliphatic heterocycles. The molecule has 0 N–H and O–H groups in total. The maximum absolute atomic E-state index is 12.8. The van der Waals surface area contributed by atoms with E-state index in [2.05, 4.69) is 11.3 Å². The monoisotopic (exact) mass is 286 g/mol. The normalized spacial score (nSPS) is 13.8. The Bertz CT molecular complexity index is 276. The van der Waals surface area contributed by atoms with Crippen molar-refractivity contribution in [1.29, 1.82) is 0 Å². The van der Waals surface area contributed by atoms with E-state index >= 15 is 0 Å². The molecule has 0 rings (SSSR count). The van der Waals surface area contributed by atoms with Crippen LogP contribution in [0.5, 0.6) is 0 Å². The Morgan fingerprint density at radius 1 is 1.06 bits per heavy atom. The summed E-state index contributed by atoms with van der Waals surface area (Å²) in [7, 11) is 0. The van der Waals surface area contributed by atoms with Gasteiger partial charge in [-0.2, -0.15) is 26.3 Å². The standard InChI is InChI=1S/C9H10F8O/c1-2-18-5-3-4-7(12,13)9(16,17)8(14,15)6(10)11/h2,6H,1,3-5H2. The molecule has 0 aromatic heterocycles. The van der Waals surface area contributed by atoms with Gasteiger partial charge in [-0.3, -0.25) is 0 Å². The van der Waals surface area contributed by atoms with Gasteiger partial charge < -0.3 is 4.74 Å². The van der Waals surface area contributed by atoms with E-state index < -0.39 is 43.6 Å². The molecule has 0 saturated carbocycles. The Morgan fingerprint density at radius 3 is 1.94 bits per heavy atom. The highest BCUT2D eigenvalue weighted by molar-refractivity contribution is 4.97. The van der Waals surface area contributed by atoms with Crippen LogP contribution in [-0.2, 0) is 4.74 Å². The molecule has 0 fully saturated rings. The topological polar surface area (TPSA) is 9.23 Å². The fourth-order valence-electron chi connectivity index (χ4n) is 0.999. The molecular formula is C9H10F8O. The van der Waals surface area contributed by atoms with Crippen LogP contribution in [0.4, 0.5) is 35.1 Å². The summed E-state index contributed by atoms with van der Waals surface area (Å²) in [5, 5.41) is 0. The summed E-state index contributed by atoms with van der Waals surface area (Å²) < 4.78 is 103. The van der Waals surface area contributed by atoms with E-state index in [1.54, 1.807) is 0 Å². The smallest absolute Gasteiger partial charge is 0.377 e. The second-order valence-electron chi connectivity index (χ2n) is 3.34. The maximum Gasteiger partial charge on any atom is 0.377 e. The van der Waals surface area contributed by atoms with Crippen LogP contribution in [0.25, 0.3) is 0 Å². The van der Waals surface area contributed by atoms with E-state index in [0.29, 0.717) is 0 Å². The molecule has 9 heteroatoms. The zero-order valence-electron chi connectivity index (χ0n) is 8.92. The van der Waals surface area contributed by atoms with Crippen LogP contribution in [0.3, 0.4) is 0 Å². The maximum atomic E-state index is 12.8. The number of hydrogen-bond acceptors (Lipinski definition) is 1. The zero-order chi connectivity index (χ0) is 14.6. The lowest BCUT2D eigenvalue weighted by Gasteiger charge is -2.32. The number of halogens is 8. The zero-order valence-corrected chi connectivity index (χ0v) is 8.92. The first-order valence-corrected chi connectivity index (χ1v) is 4.65. The molecule has 108 valence electrons. The molecule has 0 aliphatic carbocycles. The van der Waals surface area contributed by atoms with Crippen LogP contribution < -0.4 is 0 Å². The first-order valence-electron chi connectivity index (χ1n) is 4.65. The second kappa shape index (κ2) is 5.75. The number of hydrogen-bond donors (Lipinski definition) is 0. The Labute approximate surface area is 97.4 Å². The number of ether oxygens (including phenoxy) is 1. The van der Waals surface area contributed by atoms with Crippen molar-refractivity contribution in [2.75, 3.05) is 6.61 Å². The Morgan fingerprint density at radius 2 is 1.56 bits per heavy atom. The fraction of sp³-hybridized carbons (Fsp3) is 0.778.